The number of rotatable bonds is 11. The normalized spacial score (nSPS) is 11.2. The second-order valence-corrected chi connectivity index (χ2v) is 9.33. The minimum Gasteiger partial charge on any atom is -0.497 e. The van der Waals surface area contributed by atoms with Crippen LogP contribution in [0.3, 0.4) is 0 Å². The van der Waals surface area contributed by atoms with Gasteiger partial charge in [-0.25, -0.2) is 8.42 Å². The van der Waals surface area contributed by atoms with Crippen molar-refractivity contribution >= 4 is 38.4 Å². The SMILES string of the molecule is CCOC(=O)CCc1ccc(S(=O)(=O)Nc2ccc(OC)cc2CC(=O)OCC)c2ccccc12. The Kier molecular flexibility index (Phi) is 8.70. The van der Waals surface area contributed by atoms with E-state index >= 15 is 0 Å². The van der Waals surface area contributed by atoms with Gasteiger partial charge >= 0.3 is 11.9 Å². The fourth-order valence-corrected chi connectivity index (χ4v) is 5.08. The highest BCUT2D eigenvalue weighted by Gasteiger charge is 2.21. The predicted octanol–water partition coefficient (Wildman–Crippen LogP) is 4.25. The molecule has 0 spiro atoms. The van der Waals surface area contributed by atoms with Crippen LogP contribution in [0.5, 0.6) is 5.75 Å². The number of aryl methyl sites for hydroxylation is 1. The molecule has 35 heavy (non-hydrogen) atoms. The fraction of sp³-hybridized carbons (Fsp3) is 0.308. The number of methoxy groups -OCH3 is 1. The first-order chi connectivity index (χ1) is 16.8. The molecule has 3 aromatic rings. The third kappa shape index (κ3) is 6.51. The van der Waals surface area contributed by atoms with Crippen LogP contribution in [-0.4, -0.2) is 40.7 Å². The van der Waals surface area contributed by atoms with E-state index in [-0.39, 0.29) is 36.0 Å². The summed E-state index contributed by atoms with van der Waals surface area (Å²) in [5.41, 5.74) is 1.54. The first-order valence-corrected chi connectivity index (χ1v) is 12.8. The zero-order valence-electron chi connectivity index (χ0n) is 20.0. The molecule has 0 fully saturated rings. The largest absolute Gasteiger partial charge is 0.497 e. The lowest BCUT2D eigenvalue weighted by atomic mass is 10.0. The van der Waals surface area contributed by atoms with E-state index in [1.165, 1.54) is 13.2 Å². The number of carbonyl (C=O) groups excluding carboxylic acids is 2. The number of carbonyl (C=O) groups is 2. The molecule has 3 rings (SSSR count). The number of fused-ring (bicyclic) bond motifs is 1. The van der Waals surface area contributed by atoms with E-state index in [2.05, 4.69) is 4.72 Å². The lowest BCUT2D eigenvalue weighted by Crippen LogP contribution is -2.16. The highest BCUT2D eigenvalue weighted by atomic mass is 32.2. The number of hydrogen-bond donors (Lipinski definition) is 1. The summed E-state index contributed by atoms with van der Waals surface area (Å²) >= 11 is 0. The van der Waals surface area contributed by atoms with Gasteiger partial charge in [0.1, 0.15) is 5.75 Å². The van der Waals surface area contributed by atoms with Crippen LogP contribution >= 0.6 is 0 Å². The molecule has 0 saturated carbocycles. The molecule has 0 atom stereocenters. The average molecular weight is 500 g/mol. The summed E-state index contributed by atoms with van der Waals surface area (Å²) in [5.74, 6) is -0.287. The van der Waals surface area contributed by atoms with Crippen molar-refractivity contribution in [3.05, 3.63) is 65.7 Å². The first-order valence-electron chi connectivity index (χ1n) is 11.3. The van der Waals surface area contributed by atoms with E-state index in [1.54, 1.807) is 50.2 Å². The third-order valence-electron chi connectivity index (χ3n) is 5.36. The fourth-order valence-electron chi connectivity index (χ4n) is 3.77. The van der Waals surface area contributed by atoms with E-state index < -0.39 is 16.0 Å². The van der Waals surface area contributed by atoms with Crippen molar-refractivity contribution in [1.82, 2.24) is 0 Å². The van der Waals surface area contributed by atoms with Gasteiger partial charge in [0, 0.05) is 11.8 Å². The van der Waals surface area contributed by atoms with Crippen LogP contribution in [-0.2, 0) is 41.9 Å². The molecule has 0 aliphatic heterocycles. The Morgan fingerprint density at radius 1 is 0.857 bits per heavy atom. The van der Waals surface area contributed by atoms with E-state index in [0.29, 0.717) is 29.7 Å². The zero-order chi connectivity index (χ0) is 25.4. The maximum atomic E-state index is 13.5. The Bertz CT molecular complexity index is 1320. The highest BCUT2D eigenvalue weighted by molar-refractivity contribution is 7.93. The third-order valence-corrected chi connectivity index (χ3v) is 6.79. The summed E-state index contributed by atoms with van der Waals surface area (Å²) in [6.07, 6.45) is 0.511. The van der Waals surface area contributed by atoms with Crippen molar-refractivity contribution in [2.24, 2.45) is 0 Å². The van der Waals surface area contributed by atoms with Gasteiger partial charge in [-0.3, -0.25) is 14.3 Å². The van der Waals surface area contributed by atoms with E-state index in [4.69, 9.17) is 14.2 Å². The van der Waals surface area contributed by atoms with Gasteiger partial charge in [0.15, 0.2) is 0 Å². The summed E-state index contributed by atoms with van der Waals surface area (Å²) < 4.78 is 44.8. The van der Waals surface area contributed by atoms with Crippen LogP contribution < -0.4 is 9.46 Å². The number of benzene rings is 3. The Hall–Kier alpha value is -3.59. The topological polar surface area (TPSA) is 108 Å². The van der Waals surface area contributed by atoms with Gasteiger partial charge in [-0.2, -0.15) is 0 Å². The van der Waals surface area contributed by atoms with E-state index in [0.717, 1.165) is 10.9 Å². The molecule has 0 aromatic heterocycles. The lowest BCUT2D eigenvalue weighted by molar-refractivity contribution is -0.143. The van der Waals surface area contributed by atoms with Gasteiger partial charge < -0.3 is 14.2 Å². The van der Waals surface area contributed by atoms with Crippen molar-refractivity contribution in [2.45, 2.75) is 38.0 Å². The van der Waals surface area contributed by atoms with Crippen LogP contribution in [0.4, 0.5) is 5.69 Å². The molecule has 186 valence electrons. The summed E-state index contributed by atoms with van der Waals surface area (Å²) in [6.45, 7) is 3.99. The van der Waals surface area contributed by atoms with Crippen LogP contribution in [0, 0.1) is 0 Å². The molecule has 0 aliphatic carbocycles. The summed E-state index contributed by atoms with van der Waals surface area (Å²) in [7, 11) is -2.53. The van der Waals surface area contributed by atoms with E-state index in [1.807, 2.05) is 12.1 Å². The van der Waals surface area contributed by atoms with Crippen LogP contribution in [0.2, 0.25) is 0 Å². The standard InChI is InChI=1S/C26H29NO7S/c1-4-33-25(28)15-11-18-10-14-24(22-9-7-6-8-21(18)22)35(30,31)27-23-13-12-20(32-3)16-19(23)17-26(29)34-5-2/h6-10,12-14,16,27H,4-5,11,15,17H2,1-3H3. The number of esters is 2. The van der Waals surface area contributed by atoms with Gasteiger partial charge in [0.25, 0.3) is 10.0 Å². The Morgan fingerprint density at radius 2 is 1.54 bits per heavy atom. The summed E-state index contributed by atoms with van der Waals surface area (Å²) in [6, 6.07) is 15.1. The molecule has 1 N–H and O–H groups in total. The number of nitrogens with one attached hydrogen (secondary N) is 1. The smallest absolute Gasteiger partial charge is 0.310 e. The molecular formula is C26H29NO7S. The number of ether oxygens (including phenoxy) is 3. The molecule has 0 saturated heterocycles. The molecule has 0 unspecified atom stereocenters. The Morgan fingerprint density at radius 3 is 2.23 bits per heavy atom. The second kappa shape index (κ2) is 11.7. The first kappa shape index (κ1) is 26.0. The van der Waals surface area contributed by atoms with Gasteiger partial charge in [0.05, 0.1) is 37.3 Å². The molecule has 0 aliphatic rings. The number of hydrogen-bond acceptors (Lipinski definition) is 7. The van der Waals surface area contributed by atoms with Crippen LogP contribution in [0.15, 0.2) is 59.5 Å². The summed E-state index contributed by atoms with van der Waals surface area (Å²) in [4.78, 5) is 24.0. The van der Waals surface area contributed by atoms with Crippen LogP contribution in [0.1, 0.15) is 31.4 Å². The molecule has 0 heterocycles. The quantitative estimate of drug-likeness (QED) is 0.393. The van der Waals surface area contributed by atoms with Crippen LogP contribution in [0.25, 0.3) is 10.8 Å². The number of anilines is 1. The minimum atomic E-state index is -4.02. The molecule has 9 heteroatoms. The van der Waals surface area contributed by atoms with Gasteiger partial charge in [-0.15, -0.1) is 0 Å². The van der Waals surface area contributed by atoms with Crippen molar-refractivity contribution in [3.63, 3.8) is 0 Å². The van der Waals surface area contributed by atoms with Crippen molar-refractivity contribution in [3.8, 4) is 5.75 Å². The lowest BCUT2D eigenvalue weighted by Gasteiger charge is -2.16. The molecular weight excluding hydrogens is 470 g/mol. The minimum absolute atomic E-state index is 0.0888. The van der Waals surface area contributed by atoms with E-state index in [9.17, 15) is 18.0 Å². The molecule has 0 bridgehead atoms. The second-order valence-electron chi connectivity index (χ2n) is 7.68. The molecule has 0 radical (unpaired) electrons. The average Bonchev–Trinajstić information content (AvgIpc) is 2.83. The monoisotopic (exact) mass is 499 g/mol. The maximum Gasteiger partial charge on any atom is 0.310 e. The van der Waals surface area contributed by atoms with Crippen molar-refractivity contribution in [2.75, 3.05) is 25.0 Å². The predicted molar refractivity (Wildman–Crippen MR) is 133 cm³/mol. The Labute approximate surface area is 205 Å². The van der Waals surface area contributed by atoms with Gasteiger partial charge in [0.2, 0.25) is 0 Å². The highest BCUT2D eigenvalue weighted by Crippen LogP contribution is 2.30. The number of sulfonamides is 1. The molecule has 3 aromatic carbocycles. The summed E-state index contributed by atoms with van der Waals surface area (Å²) in [5, 5.41) is 1.27. The Balaban J connectivity index is 1.96. The maximum absolute atomic E-state index is 13.5. The molecule has 8 nitrogen and oxygen atoms in total. The van der Waals surface area contributed by atoms with Gasteiger partial charge in [-0.1, -0.05) is 30.3 Å². The van der Waals surface area contributed by atoms with Crippen molar-refractivity contribution in [1.29, 1.82) is 0 Å². The van der Waals surface area contributed by atoms with Gasteiger partial charge in [-0.05, 0) is 61.0 Å². The molecule has 0 amide bonds. The van der Waals surface area contributed by atoms with Crippen molar-refractivity contribution < 1.29 is 32.2 Å². The zero-order valence-corrected chi connectivity index (χ0v) is 20.8.